The van der Waals surface area contributed by atoms with Gasteiger partial charge in [-0.2, -0.15) is 5.90 Å². The first-order valence-electron chi connectivity index (χ1n) is 6.03. The summed E-state index contributed by atoms with van der Waals surface area (Å²) in [6, 6.07) is 0. The van der Waals surface area contributed by atoms with Crippen molar-refractivity contribution in [2.45, 2.75) is 40.0 Å². The third-order valence-corrected chi connectivity index (χ3v) is 2.70. The van der Waals surface area contributed by atoms with Gasteiger partial charge in [0, 0.05) is 6.42 Å². The van der Waals surface area contributed by atoms with Gasteiger partial charge >= 0.3 is 11.9 Å². The van der Waals surface area contributed by atoms with Crippen LogP contribution in [0.3, 0.4) is 0 Å². The Morgan fingerprint density at radius 2 is 2.06 bits per heavy atom. The Balaban J connectivity index is 4.46. The molecule has 0 spiro atoms. The maximum Gasteiger partial charge on any atom is 0.330 e. The van der Waals surface area contributed by atoms with Crippen molar-refractivity contribution in [2.75, 3.05) is 6.61 Å². The van der Waals surface area contributed by atoms with Gasteiger partial charge in [-0.05, 0) is 25.7 Å². The lowest BCUT2D eigenvalue weighted by atomic mass is 9.78. The largest absolute Gasteiger partial charge is 0.461 e. The van der Waals surface area contributed by atoms with E-state index in [-0.39, 0.29) is 19.0 Å². The molecule has 0 bridgehead atoms. The molecule has 0 aromatic heterocycles. The molecule has 18 heavy (non-hydrogen) atoms. The van der Waals surface area contributed by atoms with Crippen LogP contribution in [0.1, 0.15) is 40.0 Å². The Bertz CT molecular complexity index is 301. The van der Waals surface area contributed by atoms with Crippen LogP contribution < -0.4 is 5.90 Å². The summed E-state index contributed by atoms with van der Waals surface area (Å²) < 4.78 is 4.86. The van der Waals surface area contributed by atoms with Crippen LogP contribution in [0.15, 0.2) is 12.7 Å². The van der Waals surface area contributed by atoms with Crippen molar-refractivity contribution in [3.05, 3.63) is 12.7 Å². The Hall–Kier alpha value is -1.36. The highest BCUT2D eigenvalue weighted by Crippen LogP contribution is 2.32. The third kappa shape index (κ3) is 5.82. The fourth-order valence-electron chi connectivity index (χ4n) is 1.93. The van der Waals surface area contributed by atoms with Crippen molar-refractivity contribution in [3.63, 3.8) is 0 Å². The number of esters is 1. The topological polar surface area (TPSA) is 78.6 Å². The first-order chi connectivity index (χ1) is 8.35. The predicted molar refractivity (Wildman–Crippen MR) is 68.2 cm³/mol. The van der Waals surface area contributed by atoms with Crippen molar-refractivity contribution in [3.8, 4) is 0 Å². The lowest BCUT2D eigenvalue weighted by Gasteiger charge is -2.27. The predicted octanol–water partition coefficient (Wildman–Crippen LogP) is 1.97. The summed E-state index contributed by atoms with van der Waals surface area (Å²) in [6.07, 6.45) is 2.63. The van der Waals surface area contributed by atoms with Gasteiger partial charge in [-0.3, -0.25) is 4.79 Å². The summed E-state index contributed by atoms with van der Waals surface area (Å²) >= 11 is 0. The van der Waals surface area contributed by atoms with Crippen LogP contribution in [0.25, 0.3) is 0 Å². The lowest BCUT2D eigenvalue weighted by molar-refractivity contribution is -0.158. The Morgan fingerprint density at radius 3 is 2.50 bits per heavy atom. The summed E-state index contributed by atoms with van der Waals surface area (Å²) in [5.74, 6) is 4.40. The number of carbonyl (C=O) groups excluding carboxylic acids is 2. The number of carbonyl (C=O) groups is 2. The Labute approximate surface area is 108 Å². The molecule has 0 amide bonds. The highest BCUT2D eigenvalue weighted by Gasteiger charge is 2.36. The molecule has 104 valence electrons. The summed E-state index contributed by atoms with van der Waals surface area (Å²) in [6.45, 7) is 9.39. The van der Waals surface area contributed by atoms with Crippen LogP contribution >= 0.6 is 0 Å². The zero-order chi connectivity index (χ0) is 14.2. The quantitative estimate of drug-likeness (QED) is 0.408. The van der Waals surface area contributed by atoms with E-state index < -0.39 is 11.4 Å². The number of rotatable bonds is 8. The van der Waals surface area contributed by atoms with Gasteiger partial charge in [0.15, 0.2) is 0 Å². The Morgan fingerprint density at radius 1 is 1.44 bits per heavy atom. The highest BCUT2D eigenvalue weighted by atomic mass is 16.7. The molecule has 0 aromatic rings. The first kappa shape index (κ1) is 16.6. The van der Waals surface area contributed by atoms with Crippen molar-refractivity contribution in [2.24, 2.45) is 17.2 Å². The van der Waals surface area contributed by atoms with Gasteiger partial charge in [-0.25, -0.2) is 4.79 Å². The van der Waals surface area contributed by atoms with E-state index in [0.717, 1.165) is 0 Å². The smallest absolute Gasteiger partial charge is 0.330 e. The molecule has 0 aliphatic carbocycles. The second kappa shape index (κ2) is 7.87. The molecule has 0 rings (SSSR count). The molecule has 5 nitrogen and oxygen atoms in total. The van der Waals surface area contributed by atoms with E-state index in [1.165, 1.54) is 6.08 Å². The molecule has 0 saturated carbocycles. The standard InChI is InChI=1S/C13H23NO4/c1-5-8-17-11(15)6-7-13(4,9-10(2)3)12(16)18-14/h5,10H,1,6-9,14H2,2-4H3. The summed E-state index contributed by atoms with van der Waals surface area (Å²) in [5.41, 5.74) is -0.754. The van der Waals surface area contributed by atoms with E-state index in [4.69, 9.17) is 10.6 Å². The monoisotopic (exact) mass is 257 g/mol. The van der Waals surface area contributed by atoms with E-state index in [1.807, 2.05) is 13.8 Å². The van der Waals surface area contributed by atoms with Gasteiger partial charge in [0.05, 0.1) is 5.41 Å². The molecule has 0 heterocycles. The van der Waals surface area contributed by atoms with E-state index in [0.29, 0.717) is 18.8 Å². The van der Waals surface area contributed by atoms with Crippen molar-refractivity contribution in [1.29, 1.82) is 0 Å². The molecular weight excluding hydrogens is 234 g/mol. The van der Waals surface area contributed by atoms with Gasteiger partial charge < -0.3 is 9.57 Å². The van der Waals surface area contributed by atoms with Crippen molar-refractivity contribution in [1.82, 2.24) is 0 Å². The fourth-order valence-corrected chi connectivity index (χ4v) is 1.93. The molecule has 0 saturated heterocycles. The van der Waals surface area contributed by atoms with E-state index in [2.05, 4.69) is 11.4 Å². The first-order valence-corrected chi connectivity index (χ1v) is 6.03. The Kier molecular flexibility index (Phi) is 7.27. The highest BCUT2D eigenvalue weighted by molar-refractivity contribution is 5.77. The lowest BCUT2D eigenvalue weighted by Crippen LogP contribution is -2.34. The fraction of sp³-hybridized carbons (Fsp3) is 0.692. The average Bonchev–Trinajstić information content (AvgIpc) is 2.31. The van der Waals surface area contributed by atoms with Gasteiger partial charge in [0.2, 0.25) is 0 Å². The number of hydrogen-bond acceptors (Lipinski definition) is 5. The van der Waals surface area contributed by atoms with E-state index in [1.54, 1.807) is 6.92 Å². The van der Waals surface area contributed by atoms with Crippen LogP contribution in [0, 0.1) is 11.3 Å². The zero-order valence-corrected chi connectivity index (χ0v) is 11.4. The molecule has 0 radical (unpaired) electrons. The van der Waals surface area contributed by atoms with E-state index in [9.17, 15) is 9.59 Å². The van der Waals surface area contributed by atoms with Crippen molar-refractivity contribution < 1.29 is 19.2 Å². The van der Waals surface area contributed by atoms with Gasteiger partial charge in [-0.15, -0.1) is 0 Å². The second-order valence-corrected chi connectivity index (χ2v) is 5.04. The number of nitrogens with two attached hydrogens (primary N) is 1. The molecule has 0 aliphatic heterocycles. The van der Waals surface area contributed by atoms with Crippen LogP contribution in [0.5, 0.6) is 0 Å². The summed E-state index contributed by atoms with van der Waals surface area (Å²) in [5, 5.41) is 0. The zero-order valence-electron chi connectivity index (χ0n) is 11.4. The van der Waals surface area contributed by atoms with Crippen LogP contribution in [0.2, 0.25) is 0 Å². The molecule has 1 unspecified atom stereocenters. The average molecular weight is 257 g/mol. The number of ether oxygens (including phenoxy) is 1. The number of hydrogen-bond donors (Lipinski definition) is 1. The van der Waals surface area contributed by atoms with Crippen LogP contribution in [-0.4, -0.2) is 18.5 Å². The molecule has 0 fully saturated rings. The van der Waals surface area contributed by atoms with E-state index >= 15 is 0 Å². The maximum absolute atomic E-state index is 11.7. The molecule has 5 heteroatoms. The van der Waals surface area contributed by atoms with Gasteiger partial charge in [0.1, 0.15) is 6.61 Å². The maximum atomic E-state index is 11.7. The minimum absolute atomic E-state index is 0.159. The van der Waals surface area contributed by atoms with Crippen LogP contribution in [-0.2, 0) is 19.2 Å². The third-order valence-electron chi connectivity index (χ3n) is 2.70. The van der Waals surface area contributed by atoms with Gasteiger partial charge in [-0.1, -0.05) is 26.5 Å². The molecule has 0 aliphatic rings. The van der Waals surface area contributed by atoms with Gasteiger partial charge in [0.25, 0.3) is 0 Å². The SMILES string of the molecule is C=CCOC(=O)CCC(C)(CC(C)C)C(=O)ON. The summed E-state index contributed by atoms with van der Waals surface area (Å²) in [7, 11) is 0. The molecule has 1 atom stereocenters. The summed E-state index contributed by atoms with van der Waals surface area (Å²) in [4.78, 5) is 27.4. The molecule has 2 N–H and O–H groups in total. The minimum Gasteiger partial charge on any atom is -0.461 e. The second-order valence-electron chi connectivity index (χ2n) is 5.04. The molecular formula is C13H23NO4. The minimum atomic E-state index is -0.754. The van der Waals surface area contributed by atoms with Crippen LogP contribution in [0.4, 0.5) is 0 Å². The molecule has 0 aromatic carbocycles. The normalized spacial score (nSPS) is 13.8. The van der Waals surface area contributed by atoms with Crippen molar-refractivity contribution >= 4 is 11.9 Å².